The van der Waals surface area contributed by atoms with Gasteiger partial charge in [0.2, 0.25) is 0 Å². The summed E-state index contributed by atoms with van der Waals surface area (Å²) >= 11 is 0. The van der Waals surface area contributed by atoms with Crippen molar-refractivity contribution in [1.82, 2.24) is 4.98 Å². The summed E-state index contributed by atoms with van der Waals surface area (Å²) in [6, 6.07) is 0.202. The van der Waals surface area contributed by atoms with E-state index in [1.54, 1.807) is 7.11 Å². The van der Waals surface area contributed by atoms with Crippen molar-refractivity contribution in [3.63, 3.8) is 0 Å². The molecule has 0 spiro atoms. The molecule has 2 N–H and O–H groups in total. The summed E-state index contributed by atoms with van der Waals surface area (Å²) in [7, 11) is 1.73. The second-order valence-electron chi connectivity index (χ2n) is 6.28. The molecule has 3 heteroatoms. The van der Waals surface area contributed by atoms with Crippen molar-refractivity contribution in [3.8, 4) is 5.75 Å². The average molecular weight is 276 g/mol. The van der Waals surface area contributed by atoms with E-state index in [1.165, 1.54) is 32.1 Å². The van der Waals surface area contributed by atoms with Crippen LogP contribution in [0.4, 0.5) is 0 Å². The van der Waals surface area contributed by atoms with Crippen molar-refractivity contribution in [2.45, 2.75) is 65.3 Å². The van der Waals surface area contributed by atoms with Gasteiger partial charge in [0.1, 0.15) is 5.75 Å². The van der Waals surface area contributed by atoms with Crippen molar-refractivity contribution in [2.24, 2.45) is 11.1 Å². The van der Waals surface area contributed by atoms with E-state index in [2.05, 4.69) is 18.8 Å². The highest BCUT2D eigenvalue weighted by Gasteiger charge is 2.38. The van der Waals surface area contributed by atoms with Crippen LogP contribution in [0, 0.1) is 19.3 Å². The number of ether oxygens (including phenoxy) is 1. The van der Waals surface area contributed by atoms with Gasteiger partial charge in [0, 0.05) is 35.5 Å². The number of nitrogens with two attached hydrogens (primary N) is 1. The van der Waals surface area contributed by atoms with Crippen LogP contribution in [-0.4, -0.2) is 18.1 Å². The normalized spacial score (nSPS) is 19.1. The molecule has 1 fully saturated rings. The molecule has 112 valence electrons. The van der Waals surface area contributed by atoms with Gasteiger partial charge in [-0.05, 0) is 38.5 Å². The number of aromatic nitrogens is 1. The van der Waals surface area contributed by atoms with Crippen LogP contribution in [0.25, 0.3) is 0 Å². The van der Waals surface area contributed by atoms with Gasteiger partial charge in [-0.15, -0.1) is 0 Å². The van der Waals surface area contributed by atoms with E-state index < -0.39 is 0 Å². The van der Waals surface area contributed by atoms with Gasteiger partial charge in [0.15, 0.2) is 0 Å². The lowest BCUT2D eigenvalue weighted by atomic mass is 9.74. The molecule has 20 heavy (non-hydrogen) atoms. The monoisotopic (exact) mass is 276 g/mol. The van der Waals surface area contributed by atoms with Gasteiger partial charge >= 0.3 is 0 Å². The van der Waals surface area contributed by atoms with Gasteiger partial charge in [-0.25, -0.2) is 0 Å². The molecule has 1 aromatic rings. The minimum absolute atomic E-state index is 0.202. The molecular weight excluding hydrogens is 248 g/mol. The zero-order valence-electron chi connectivity index (χ0n) is 13.3. The molecule has 1 atom stereocenters. The van der Waals surface area contributed by atoms with Crippen LogP contribution in [0.2, 0.25) is 0 Å². The zero-order chi connectivity index (χ0) is 14.8. The fourth-order valence-electron chi connectivity index (χ4n) is 3.77. The molecule has 1 unspecified atom stereocenters. The van der Waals surface area contributed by atoms with Crippen LogP contribution in [0.1, 0.15) is 55.8 Å². The predicted octanol–water partition coefficient (Wildman–Crippen LogP) is 3.55. The van der Waals surface area contributed by atoms with Gasteiger partial charge in [0.25, 0.3) is 0 Å². The van der Waals surface area contributed by atoms with Crippen LogP contribution in [-0.2, 0) is 6.42 Å². The van der Waals surface area contributed by atoms with E-state index in [0.717, 1.165) is 29.0 Å². The number of hydrogen-bond donors (Lipinski definition) is 1. The lowest BCUT2D eigenvalue weighted by Crippen LogP contribution is -2.41. The summed E-state index contributed by atoms with van der Waals surface area (Å²) in [6.07, 6.45) is 9.13. The molecule has 1 saturated carbocycles. The summed E-state index contributed by atoms with van der Waals surface area (Å²) in [4.78, 5) is 4.60. The van der Waals surface area contributed by atoms with Crippen LogP contribution >= 0.6 is 0 Å². The highest BCUT2D eigenvalue weighted by molar-refractivity contribution is 5.41. The first-order valence-electron chi connectivity index (χ1n) is 7.78. The number of nitrogens with zero attached hydrogens (tertiary/aromatic N) is 1. The molecule has 1 aliphatic rings. The van der Waals surface area contributed by atoms with E-state index in [1.807, 2.05) is 13.1 Å². The molecule has 0 radical (unpaired) electrons. The Morgan fingerprint density at radius 2 is 2.00 bits per heavy atom. The highest BCUT2D eigenvalue weighted by Crippen LogP contribution is 2.44. The van der Waals surface area contributed by atoms with Crippen molar-refractivity contribution >= 4 is 0 Å². The Hall–Kier alpha value is -1.09. The maximum atomic E-state index is 6.57. The first-order valence-corrected chi connectivity index (χ1v) is 7.78. The molecule has 3 nitrogen and oxygen atoms in total. The Morgan fingerprint density at radius 3 is 2.55 bits per heavy atom. The standard InChI is InChI=1S/C17H28N2O/c1-5-17(8-6-7-9-17)15(18)10-14-13(3)16(20-4)12(2)11-19-14/h11,15H,5-10,18H2,1-4H3. The van der Waals surface area contributed by atoms with Crippen LogP contribution in [0.15, 0.2) is 6.20 Å². The van der Waals surface area contributed by atoms with E-state index in [9.17, 15) is 0 Å². The molecule has 2 rings (SSSR count). The number of hydrogen-bond acceptors (Lipinski definition) is 3. The Labute approximate surface area is 122 Å². The second-order valence-corrected chi connectivity index (χ2v) is 6.28. The summed E-state index contributed by atoms with van der Waals surface area (Å²) in [5.74, 6) is 0.958. The smallest absolute Gasteiger partial charge is 0.128 e. The largest absolute Gasteiger partial charge is 0.496 e. The second kappa shape index (κ2) is 6.13. The third kappa shape index (κ3) is 2.69. The van der Waals surface area contributed by atoms with Crippen molar-refractivity contribution < 1.29 is 4.74 Å². The average Bonchev–Trinajstić information content (AvgIpc) is 2.92. The summed E-state index contributed by atoms with van der Waals surface area (Å²) in [5.41, 5.74) is 10.2. The Balaban J connectivity index is 2.21. The predicted molar refractivity (Wildman–Crippen MR) is 83.1 cm³/mol. The number of aryl methyl sites for hydroxylation is 1. The van der Waals surface area contributed by atoms with Gasteiger partial charge < -0.3 is 10.5 Å². The fraction of sp³-hybridized carbons (Fsp3) is 0.706. The zero-order valence-corrected chi connectivity index (χ0v) is 13.3. The minimum Gasteiger partial charge on any atom is -0.496 e. The first-order chi connectivity index (χ1) is 9.54. The highest BCUT2D eigenvalue weighted by atomic mass is 16.5. The molecule has 0 bridgehead atoms. The van der Waals surface area contributed by atoms with E-state index in [4.69, 9.17) is 10.5 Å². The van der Waals surface area contributed by atoms with Gasteiger partial charge in [-0.2, -0.15) is 0 Å². The third-order valence-corrected chi connectivity index (χ3v) is 5.25. The number of pyridine rings is 1. The molecule has 1 aromatic heterocycles. The lowest BCUT2D eigenvalue weighted by Gasteiger charge is -2.34. The van der Waals surface area contributed by atoms with Gasteiger partial charge in [0.05, 0.1) is 7.11 Å². The van der Waals surface area contributed by atoms with Crippen molar-refractivity contribution in [1.29, 1.82) is 0 Å². The number of rotatable bonds is 5. The molecule has 0 saturated heterocycles. The Morgan fingerprint density at radius 1 is 1.35 bits per heavy atom. The maximum absolute atomic E-state index is 6.57. The summed E-state index contributed by atoms with van der Waals surface area (Å²) in [5, 5.41) is 0. The lowest BCUT2D eigenvalue weighted by molar-refractivity contribution is 0.217. The Kier molecular flexibility index (Phi) is 4.69. The van der Waals surface area contributed by atoms with E-state index in [-0.39, 0.29) is 6.04 Å². The van der Waals surface area contributed by atoms with E-state index >= 15 is 0 Å². The third-order valence-electron chi connectivity index (χ3n) is 5.25. The van der Waals surface area contributed by atoms with Crippen LogP contribution in [0.5, 0.6) is 5.75 Å². The minimum atomic E-state index is 0.202. The quantitative estimate of drug-likeness (QED) is 0.894. The molecule has 0 amide bonds. The van der Waals surface area contributed by atoms with Crippen molar-refractivity contribution in [3.05, 3.63) is 23.0 Å². The molecule has 0 aliphatic heterocycles. The molecular formula is C17H28N2O. The molecule has 0 aromatic carbocycles. The Bertz CT molecular complexity index is 464. The first kappa shape index (κ1) is 15.3. The number of methoxy groups -OCH3 is 1. The van der Waals surface area contributed by atoms with Crippen LogP contribution in [0.3, 0.4) is 0 Å². The van der Waals surface area contributed by atoms with Gasteiger partial charge in [-0.3, -0.25) is 4.98 Å². The van der Waals surface area contributed by atoms with Gasteiger partial charge in [-0.1, -0.05) is 19.8 Å². The SMILES string of the molecule is CCC1(C(N)Cc2ncc(C)c(OC)c2C)CCCC1. The molecule has 1 aliphatic carbocycles. The fourth-order valence-corrected chi connectivity index (χ4v) is 3.77. The topological polar surface area (TPSA) is 48.1 Å². The van der Waals surface area contributed by atoms with E-state index in [0.29, 0.717) is 5.41 Å². The van der Waals surface area contributed by atoms with Crippen LogP contribution < -0.4 is 10.5 Å². The maximum Gasteiger partial charge on any atom is 0.128 e. The van der Waals surface area contributed by atoms with Crippen molar-refractivity contribution in [2.75, 3.05) is 7.11 Å². The molecule has 1 heterocycles. The summed E-state index contributed by atoms with van der Waals surface area (Å²) < 4.78 is 5.49. The summed E-state index contributed by atoms with van der Waals surface area (Å²) in [6.45, 7) is 6.41.